The highest BCUT2D eigenvalue weighted by atomic mass is 79.9. The molecule has 0 bridgehead atoms. The first-order valence-electron chi connectivity index (χ1n) is 9.23. The number of hydrazone groups is 1. The zero-order chi connectivity index (χ0) is 19.3. The van der Waals surface area contributed by atoms with E-state index in [9.17, 15) is 0 Å². The van der Waals surface area contributed by atoms with Gasteiger partial charge in [-0.15, -0.1) is 0 Å². The summed E-state index contributed by atoms with van der Waals surface area (Å²) in [5, 5.41) is 7.14. The maximum absolute atomic E-state index is 6.42. The van der Waals surface area contributed by atoms with Crippen LogP contribution in [0.2, 0.25) is 0 Å². The molecular formula is C23H18Br2N2O. The van der Waals surface area contributed by atoms with Gasteiger partial charge in [0.2, 0.25) is 6.23 Å². The lowest BCUT2D eigenvalue weighted by molar-refractivity contribution is -0.0191. The minimum absolute atomic E-state index is 0.154. The molecule has 2 aliphatic heterocycles. The van der Waals surface area contributed by atoms with Crippen molar-refractivity contribution in [3.8, 4) is 5.75 Å². The Morgan fingerprint density at radius 1 is 0.964 bits per heavy atom. The van der Waals surface area contributed by atoms with Gasteiger partial charge in [0.15, 0.2) is 0 Å². The van der Waals surface area contributed by atoms with Crippen molar-refractivity contribution in [1.29, 1.82) is 0 Å². The molecule has 0 amide bonds. The van der Waals surface area contributed by atoms with Crippen LogP contribution >= 0.6 is 31.9 Å². The Labute approximate surface area is 181 Å². The van der Waals surface area contributed by atoms with E-state index in [0.29, 0.717) is 0 Å². The molecule has 3 nitrogen and oxygen atoms in total. The van der Waals surface area contributed by atoms with Gasteiger partial charge < -0.3 is 4.74 Å². The molecule has 140 valence electrons. The van der Waals surface area contributed by atoms with Gasteiger partial charge in [0.05, 0.1) is 11.8 Å². The number of hydrogen-bond acceptors (Lipinski definition) is 3. The zero-order valence-electron chi connectivity index (χ0n) is 15.3. The van der Waals surface area contributed by atoms with E-state index in [1.807, 2.05) is 24.3 Å². The number of nitrogens with zero attached hydrogens (tertiary/aromatic N) is 2. The number of halogens is 2. The van der Waals surface area contributed by atoms with Gasteiger partial charge in [0, 0.05) is 26.5 Å². The van der Waals surface area contributed by atoms with Crippen molar-refractivity contribution in [2.24, 2.45) is 5.10 Å². The molecule has 3 aromatic carbocycles. The summed E-state index contributed by atoms with van der Waals surface area (Å²) in [6.07, 6.45) is 0.611. The van der Waals surface area contributed by atoms with E-state index in [1.165, 1.54) is 16.7 Å². The summed E-state index contributed by atoms with van der Waals surface area (Å²) in [7, 11) is 0. The minimum atomic E-state index is -0.251. The molecule has 2 heterocycles. The first kappa shape index (κ1) is 18.0. The average molecular weight is 498 g/mol. The fraction of sp³-hybridized carbons (Fsp3) is 0.174. The van der Waals surface area contributed by atoms with Gasteiger partial charge in [0.25, 0.3) is 0 Å². The van der Waals surface area contributed by atoms with Gasteiger partial charge in [-0.25, -0.2) is 5.01 Å². The van der Waals surface area contributed by atoms with Gasteiger partial charge in [-0.3, -0.25) is 0 Å². The normalized spacial score (nSPS) is 20.2. The highest BCUT2D eigenvalue weighted by Crippen LogP contribution is 2.48. The van der Waals surface area contributed by atoms with E-state index < -0.39 is 0 Å². The van der Waals surface area contributed by atoms with Gasteiger partial charge in [0.1, 0.15) is 5.75 Å². The van der Waals surface area contributed by atoms with E-state index in [2.05, 4.69) is 86.3 Å². The van der Waals surface area contributed by atoms with Crippen LogP contribution in [0.4, 0.5) is 0 Å². The van der Waals surface area contributed by atoms with Crippen LogP contribution in [0.3, 0.4) is 0 Å². The first-order valence-corrected chi connectivity index (χ1v) is 10.8. The van der Waals surface area contributed by atoms with Crippen molar-refractivity contribution >= 4 is 37.6 Å². The molecule has 0 unspecified atom stereocenters. The molecule has 3 aromatic rings. The molecule has 0 fully saturated rings. The maximum Gasteiger partial charge on any atom is 0.213 e. The van der Waals surface area contributed by atoms with Crippen LogP contribution in [0, 0.1) is 6.92 Å². The maximum atomic E-state index is 6.42. The standard InChI is InChI=1S/C23H18Br2N2O/c1-14-5-7-15(8-6-14)20-13-21-19-12-18(25)9-10-22(19)28-23(27(21)26-20)16-3-2-4-17(24)11-16/h2-12,21,23H,13H2,1H3/t21-,23-/m0/s1. The van der Waals surface area contributed by atoms with Crippen molar-refractivity contribution in [3.63, 3.8) is 0 Å². The van der Waals surface area contributed by atoms with Crippen LogP contribution in [0.1, 0.15) is 40.9 Å². The molecule has 0 spiro atoms. The second-order valence-corrected chi connectivity index (χ2v) is 9.05. The Morgan fingerprint density at radius 2 is 1.75 bits per heavy atom. The summed E-state index contributed by atoms with van der Waals surface area (Å²) in [5.74, 6) is 0.926. The lowest BCUT2D eigenvalue weighted by Crippen LogP contribution is -2.33. The number of benzene rings is 3. The minimum Gasteiger partial charge on any atom is -0.464 e. The van der Waals surface area contributed by atoms with Crippen LogP contribution in [-0.4, -0.2) is 10.7 Å². The summed E-state index contributed by atoms with van der Waals surface area (Å²) >= 11 is 7.19. The van der Waals surface area contributed by atoms with Gasteiger partial charge in [-0.1, -0.05) is 73.8 Å². The van der Waals surface area contributed by atoms with E-state index in [1.54, 1.807) is 0 Å². The van der Waals surface area contributed by atoms with Gasteiger partial charge in [-0.05, 0) is 42.8 Å². The van der Waals surface area contributed by atoms with Crippen LogP contribution < -0.4 is 4.74 Å². The summed E-state index contributed by atoms with van der Waals surface area (Å²) in [5.41, 5.74) is 5.78. The molecule has 5 rings (SSSR count). The highest BCUT2D eigenvalue weighted by molar-refractivity contribution is 9.10. The van der Waals surface area contributed by atoms with Crippen LogP contribution in [0.5, 0.6) is 5.75 Å². The first-order chi connectivity index (χ1) is 13.6. The van der Waals surface area contributed by atoms with Crippen molar-refractivity contribution in [2.75, 3.05) is 0 Å². The van der Waals surface area contributed by atoms with Crippen LogP contribution in [-0.2, 0) is 0 Å². The molecular weight excluding hydrogens is 480 g/mol. The monoisotopic (exact) mass is 496 g/mol. The highest BCUT2D eigenvalue weighted by Gasteiger charge is 2.41. The Morgan fingerprint density at radius 3 is 2.54 bits per heavy atom. The topological polar surface area (TPSA) is 24.8 Å². The number of rotatable bonds is 2. The van der Waals surface area contributed by atoms with Crippen molar-refractivity contribution < 1.29 is 4.74 Å². The predicted molar refractivity (Wildman–Crippen MR) is 119 cm³/mol. The second-order valence-electron chi connectivity index (χ2n) is 7.22. The van der Waals surface area contributed by atoms with Gasteiger partial charge in [-0.2, -0.15) is 5.10 Å². The molecule has 0 N–H and O–H groups in total. The molecule has 2 aliphatic rings. The van der Waals surface area contributed by atoms with E-state index in [4.69, 9.17) is 9.84 Å². The van der Waals surface area contributed by atoms with Gasteiger partial charge >= 0.3 is 0 Å². The molecule has 5 heteroatoms. The van der Waals surface area contributed by atoms with E-state index >= 15 is 0 Å². The third kappa shape index (κ3) is 3.16. The molecule has 0 aliphatic carbocycles. The lowest BCUT2D eigenvalue weighted by atomic mass is 9.95. The summed E-state index contributed by atoms with van der Waals surface area (Å²) in [4.78, 5) is 0. The van der Waals surface area contributed by atoms with Crippen LogP contribution in [0.25, 0.3) is 0 Å². The molecule has 0 saturated carbocycles. The number of fused-ring (bicyclic) bond motifs is 3. The third-order valence-electron chi connectivity index (χ3n) is 5.27. The lowest BCUT2D eigenvalue weighted by Gasteiger charge is -2.38. The summed E-state index contributed by atoms with van der Waals surface area (Å²) in [6.45, 7) is 2.11. The fourth-order valence-corrected chi connectivity index (χ4v) is 4.65. The molecule has 0 saturated heterocycles. The van der Waals surface area contributed by atoms with E-state index in [0.717, 1.165) is 32.4 Å². The number of hydrogen-bond donors (Lipinski definition) is 0. The van der Waals surface area contributed by atoms with Crippen molar-refractivity contribution in [2.45, 2.75) is 25.6 Å². The number of aryl methyl sites for hydroxylation is 1. The largest absolute Gasteiger partial charge is 0.464 e. The number of ether oxygens (including phenoxy) is 1. The quantitative estimate of drug-likeness (QED) is 0.390. The predicted octanol–water partition coefficient (Wildman–Crippen LogP) is 6.76. The molecule has 0 aromatic heterocycles. The zero-order valence-corrected chi connectivity index (χ0v) is 18.4. The average Bonchev–Trinajstić information content (AvgIpc) is 3.14. The SMILES string of the molecule is Cc1ccc(C2=NN3[C@@H](C2)c2cc(Br)ccc2O[C@H]3c2cccc(Br)c2)cc1. The van der Waals surface area contributed by atoms with Crippen molar-refractivity contribution in [1.82, 2.24) is 5.01 Å². The Bertz CT molecular complexity index is 1080. The van der Waals surface area contributed by atoms with Crippen LogP contribution in [0.15, 0.2) is 80.8 Å². The Balaban J connectivity index is 1.61. The Kier molecular flexibility index (Phi) is 4.52. The molecule has 2 atom stereocenters. The third-order valence-corrected chi connectivity index (χ3v) is 6.26. The molecule has 0 radical (unpaired) electrons. The molecule has 28 heavy (non-hydrogen) atoms. The van der Waals surface area contributed by atoms with Crippen molar-refractivity contribution in [3.05, 3.63) is 97.9 Å². The smallest absolute Gasteiger partial charge is 0.213 e. The van der Waals surface area contributed by atoms with E-state index in [-0.39, 0.29) is 12.3 Å². The summed E-state index contributed by atoms with van der Waals surface area (Å²) in [6, 6.07) is 23.2. The Hall–Kier alpha value is -2.11. The second kappa shape index (κ2) is 7.05. The fourth-order valence-electron chi connectivity index (χ4n) is 3.86. The summed E-state index contributed by atoms with van der Waals surface area (Å²) < 4.78 is 8.51.